The Morgan fingerprint density at radius 1 is 0.756 bits per heavy atom. The van der Waals surface area contributed by atoms with Crippen molar-refractivity contribution in [3.05, 3.63) is 70.9 Å². The summed E-state index contributed by atoms with van der Waals surface area (Å²) < 4.78 is 10.2. The number of benzene rings is 2. The second-order valence-electron chi connectivity index (χ2n) is 10.1. The largest absolute Gasteiger partial charge is 0.461 e. The van der Waals surface area contributed by atoms with Crippen molar-refractivity contribution in [2.45, 2.75) is 40.5 Å². The molecular formula is C31H36N4O6. The van der Waals surface area contributed by atoms with Crippen LogP contribution in [0.15, 0.2) is 59.8 Å². The second kappa shape index (κ2) is 16.3. The Morgan fingerprint density at radius 3 is 1.59 bits per heavy atom. The van der Waals surface area contributed by atoms with Gasteiger partial charge in [0.2, 0.25) is 11.8 Å². The highest BCUT2D eigenvalue weighted by atomic mass is 16.5. The van der Waals surface area contributed by atoms with E-state index < -0.39 is 11.9 Å². The number of nitriles is 1. The van der Waals surface area contributed by atoms with Gasteiger partial charge in [0, 0.05) is 24.2 Å². The van der Waals surface area contributed by atoms with E-state index >= 15 is 0 Å². The Labute approximate surface area is 240 Å². The lowest BCUT2D eigenvalue weighted by Crippen LogP contribution is -2.17. The second-order valence-corrected chi connectivity index (χ2v) is 10.1. The molecule has 10 heteroatoms. The average Bonchev–Trinajstić information content (AvgIpc) is 2.94. The maximum absolute atomic E-state index is 12.3. The van der Waals surface area contributed by atoms with Crippen LogP contribution in [0.5, 0.6) is 0 Å². The maximum Gasteiger partial charge on any atom is 0.354 e. The predicted octanol–water partition coefficient (Wildman–Crippen LogP) is 4.65. The van der Waals surface area contributed by atoms with E-state index in [0.717, 1.165) is 0 Å². The van der Waals surface area contributed by atoms with Crippen LogP contribution >= 0.6 is 0 Å². The Kier molecular flexibility index (Phi) is 12.8. The van der Waals surface area contributed by atoms with Crippen molar-refractivity contribution in [2.24, 2.45) is 17.6 Å². The number of hydrogen-bond donors (Lipinski definition) is 3. The van der Waals surface area contributed by atoms with Crippen molar-refractivity contribution in [3.63, 3.8) is 0 Å². The Balaban J connectivity index is 1.83. The number of nitrogens with zero attached hydrogens (tertiary/aromatic N) is 1. The minimum Gasteiger partial charge on any atom is -0.461 e. The molecule has 0 bridgehead atoms. The first-order valence-corrected chi connectivity index (χ1v) is 13.2. The first-order valence-electron chi connectivity index (χ1n) is 13.2. The summed E-state index contributed by atoms with van der Waals surface area (Å²) in [6.45, 7) is 8.15. The fraction of sp³-hybridized carbons (Fsp3) is 0.323. The van der Waals surface area contributed by atoms with E-state index in [1.54, 1.807) is 48.5 Å². The van der Waals surface area contributed by atoms with Crippen LogP contribution < -0.4 is 16.4 Å². The molecule has 0 heterocycles. The normalized spacial score (nSPS) is 11.5. The number of amides is 2. The van der Waals surface area contributed by atoms with Gasteiger partial charge in [-0.3, -0.25) is 9.59 Å². The molecule has 2 aromatic rings. The van der Waals surface area contributed by atoms with Gasteiger partial charge in [0.25, 0.3) is 0 Å². The van der Waals surface area contributed by atoms with Gasteiger partial charge in [-0.2, -0.15) is 5.26 Å². The van der Waals surface area contributed by atoms with Crippen LogP contribution in [0.25, 0.3) is 12.2 Å². The predicted molar refractivity (Wildman–Crippen MR) is 157 cm³/mol. The number of hydrogen-bond acceptors (Lipinski definition) is 8. The van der Waals surface area contributed by atoms with E-state index in [-0.39, 0.29) is 61.0 Å². The minimum atomic E-state index is -0.687. The van der Waals surface area contributed by atoms with Crippen molar-refractivity contribution in [3.8, 4) is 6.07 Å². The Bertz CT molecular complexity index is 1320. The number of ether oxygens (including phenoxy) is 2. The molecular weight excluding hydrogens is 524 g/mol. The fourth-order valence-electron chi connectivity index (χ4n) is 3.19. The zero-order chi connectivity index (χ0) is 30.4. The van der Waals surface area contributed by atoms with Crippen LogP contribution in [-0.4, -0.2) is 37.0 Å². The molecule has 0 radical (unpaired) electrons. The SMILES string of the molecule is CC(C)COC(=O)/C(N)=C/c1ccc(NC(=O)CCC(=O)Nc2ccc(/C=C(\C#N)C(=O)OCC(C)C)cc2)cc1. The Hall–Kier alpha value is -4.91. The fourth-order valence-corrected chi connectivity index (χ4v) is 3.19. The lowest BCUT2D eigenvalue weighted by molar-refractivity contribution is -0.140. The van der Waals surface area contributed by atoms with Gasteiger partial charge in [-0.05, 0) is 59.4 Å². The van der Waals surface area contributed by atoms with E-state index in [1.165, 1.54) is 12.2 Å². The minimum absolute atomic E-state index is 0.0201. The van der Waals surface area contributed by atoms with Crippen molar-refractivity contribution in [1.29, 1.82) is 5.26 Å². The van der Waals surface area contributed by atoms with E-state index in [1.807, 2.05) is 33.8 Å². The monoisotopic (exact) mass is 560 g/mol. The first kappa shape index (κ1) is 32.3. The molecule has 0 aliphatic heterocycles. The number of carbonyl (C=O) groups is 4. The van der Waals surface area contributed by atoms with Crippen LogP contribution in [0.4, 0.5) is 11.4 Å². The molecule has 4 N–H and O–H groups in total. The molecule has 0 aliphatic carbocycles. The summed E-state index contributed by atoms with van der Waals surface area (Å²) in [4.78, 5) is 48.5. The van der Waals surface area contributed by atoms with E-state index in [0.29, 0.717) is 22.5 Å². The molecule has 0 atom stereocenters. The average molecular weight is 561 g/mol. The molecule has 0 unspecified atom stereocenters. The highest BCUT2D eigenvalue weighted by Gasteiger charge is 2.12. The summed E-state index contributed by atoms with van der Waals surface area (Å²) in [5, 5.41) is 14.7. The van der Waals surface area contributed by atoms with Crippen LogP contribution in [0.1, 0.15) is 51.7 Å². The number of carbonyl (C=O) groups excluding carboxylic acids is 4. The standard InChI is InChI=1S/C31H36N4O6/c1-20(2)18-40-30(38)24(17-32)15-22-5-9-25(10-6-22)34-28(36)13-14-29(37)35-26-11-7-23(8-12-26)16-27(33)31(39)41-19-21(3)4/h5-12,15-16,20-21H,13-14,18-19,33H2,1-4H3,(H,34,36)(H,35,37)/b24-15+,27-16-. The molecule has 2 aromatic carbocycles. The third-order valence-electron chi connectivity index (χ3n) is 5.27. The molecule has 216 valence electrons. The van der Waals surface area contributed by atoms with Crippen LogP contribution in [0.3, 0.4) is 0 Å². The lowest BCUT2D eigenvalue weighted by atomic mass is 10.1. The van der Waals surface area contributed by atoms with Crippen LogP contribution in [0.2, 0.25) is 0 Å². The quantitative estimate of drug-likeness (QED) is 0.181. The third-order valence-corrected chi connectivity index (χ3v) is 5.27. The molecule has 0 fully saturated rings. The molecule has 0 saturated heterocycles. The van der Waals surface area contributed by atoms with E-state index in [2.05, 4.69) is 10.6 Å². The number of nitrogens with one attached hydrogen (secondary N) is 2. The van der Waals surface area contributed by atoms with Crippen molar-refractivity contribution >= 4 is 47.3 Å². The highest BCUT2D eigenvalue weighted by molar-refractivity contribution is 5.99. The molecule has 0 aromatic heterocycles. The summed E-state index contributed by atoms with van der Waals surface area (Å²) >= 11 is 0. The summed E-state index contributed by atoms with van der Waals surface area (Å²) in [5.74, 6) is -1.61. The molecule has 0 saturated carbocycles. The van der Waals surface area contributed by atoms with Crippen LogP contribution in [0, 0.1) is 23.2 Å². The van der Waals surface area contributed by atoms with Crippen molar-refractivity contribution in [1.82, 2.24) is 0 Å². The van der Waals surface area contributed by atoms with Gasteiger partial charge in [-0.15, -0.1) is 0 Å². The molecule has 2 rings (SSSR count). The van der Waals surface area contributed by atoms with Gasteiger partial charge in [-0.25, -0.2) is 9.59 Å². The van der Waals surface area contributed by atoms with Gasteiger partial charge in [-0.1, -0.05) is 52.0 Å². The van der Waals surface area contributed by atoms with Gasteiger partial charge in [0.05, 0.1) is 13.2 Å². The van der Waals surface area contributed by atoms with Gasteiger partial charge >= 0.3 is 11.9 Å². The maximum atomic E-state index is 12.3. The van der Waals surface area contributed by atoms with Crippen molar-refractivity contribution < 1.29 is 28.7 Å². The number of anilines is 2. The zero-order valence-electron chi connectivity index (χ0n) is 23.7. The summed E-state index contributed by atoms with van der Waals surface area (Å²) in [6.07, 6.45) is 2.83. The number of esters is 2. The molecule has 10 nitrogen and oxygen atoms in total. The van der Waals surface area contributed by atoms with Gasteiger partial charge < -0.3 is 25.8 Å². The summed E-state index contributed by atoms with van der Waals surface area (Å²) in [6, 6.07) is 15.1. The third kappa shape index (κ3) is 12.2. The molecule has 0 aliphatic rings. The summed E-state index contributed by atoms with van der Waals surface area (Å²) in [7, 11) is 0. The van der Waals surface area contributed by atoms with Crippen LogP contribution in [-0.2, 0) is 28.7 Å². The molecule has 41 heavy (non-hydrogen) atoms. The number of rotatable bonds is 13. The van der Waals surface area contributed by atoms with Crippen molar-refractivity contribution in [2.75, 3.05) is 23.8 Å². The zero-order valence-corrected chi connectivity index (χ0v) is 23.7. The topological polar surface area (TPSA) is 161 Å². The van der Waals surface area contributed by atoms with E-state index in [9.17, 15) is 24.4 Å². The molecule has 0 spiro atoms. The Morgan fingerprint density at radius 2 is 1.17 bits per heavy atom. The van der Waals surface area contributed by atoms with E-state index in [4.69, 9.17) is 15.2 Å². The smallest absolute Gasteiger partial charge is 0.354 e. The highest BCUT2D eigenvalue weighted by Crippen LogP contribution is 2.15. The van der Waals surface area contributed by atoms with Gasteiger partial charge in [0.1, 0.15) is 17.3 Å². The first-order chi connectivity index (χ1) is 19.5. The summed E-state index contributed by atoms with van der Waals surface area (Å²) in [5.41, 5.74) is 7.94. The molecule has 2 amide bonds. The van der Waals surface area contributed by atoms with Gasteiger partial charge in [0.15, 0.2) is 0 Å². The number of nitrogens with two attached hydrogens (primary N) is 1. The lowest BCUT2D eigenvalue weighted by Gasteiger charge is -2.08.